The molecule has 30 heavy (non-hydrogen) atoms. The van der Waals surface area contributed by atoms with Crippen LogP contribution in [0.25, 0.3) is 0 Å². The summed E-state index contributed by atoms with van der Waals surface area (Å²) in [7, 11) is 2.92. The number of hydrogen-bond acceptors (Lipinski definition) is 6. The molecule has 0 aliphatic carbocycles. The first-order chi connectivity index (χ1) is 14.1. The average molecular weight is 437 g/mol. The van der Waals surface area contributed by atoms with E-state index in [2.05, 4.69) is 5.32 Å². The molecule has 0 saturated carbocycles. The molecule has 9 heteroatoms. The zero-order valence-electron chi connectivity index (χ0n) is 17.5. The predicted octanol–water partition coefficient (Wildman–Crippen LogP) is 4.94. The molecule has 0 bridgehead atoms. The van der Waals surface area contributed by atoms with E-state index in [4.69, 9.17) is 25.8 Å². The molecule has 2 rings (SSSR count). The molecule has 1 N–H and O–H groups in total. The Hall–Kier alpha value is -3.00. The second-order valence-corrected chi connectivity index (χ2v) is 7.96. The fourth-order valence-corrected chi connectivity index (χ4v) is 3.05. The van der Waals surface area contributed by atoms with E-state index < -0.39 is 28.7 Å². The SMILES string of the molecule is COc1ccc([C@@H]([C@H](NC(=O)OC(C)(C)C)c2ccc(Cl)cc2)[N+](=O)[O-])cc1OC. The average Bonchev–Trinajstić information content (AvgIpc) is 2.66. The summed E-state index contributed by atoms with van der Waals surface area (Å²) in [4.78, 5) is 24.1. The predicted molar refractivity (Wildman–Crippen MR) is 113 cm³/mol. The van der Waals surface area contributed by atoms with Gasteiger partial charge in [0.2, 0.25) is 0 Å². The molecular formula is C21H25ClN2O6. The molecule has 0 spiro atoms. The lowest BCUT2D eigenvalue weighted by Gasteiger charge is -2.26. The number of carbonyl (C=O) groups excluding carboxylic acids is 1. The van der Waals surface area contributed by atoms with Crippen LogP contribution >= 0.6 is 11.6 Å². The molecule has 2 aromatic carbocycles. The normalized spacial score (nSPS) is 13.1. The molecule has 0 heterocycles. The minimum absolute atomic E-state index is 0.327. The van der Waals surface area contributed by atoms with Crippen LogP contribution in [0.5, 0.6) is 11.5 Å². The van der Waals surface area contributed by atoms with Gasteiger partial charge < -0.3 is 19.5 Å². The Labute approximate surface area is 180 Å². The van der Waals surface area contributed by atoms with Gasteiger partial charge in [0, 0.05) is 15.5 Å². The van der Waals surface area contributed by atoms with Crippen molar-refractivity contribution < 1.29 is 23.9 Å². The summed E-state index contributed by atoms with van der Waals surface area (Å²) < 4.78 is 15.8. The highest BCUT2D eigenvalue weighted by atomic mass is 35.5. The number of nitrogens with zero attached hydrogens (tertiary/aromatic N) is 1. The highest BCUT2D eigenvalue weighted by molar-refractivity contribution is 6.30. The topological polar surface area (TPSA) is 99.9 Å². The van der Waals surface area contributed by atoms with Crippen LogP contribution in [0.2, 0.25) is 5.02 Å². The van der Waals surface area contributed by atoms with E-state index in [0.717, 1.165) is 0 Å². The van der Waals surface area contributed by atoms with Gasteiger partial charge in [-0.25, -0.2) is 4.79 Å². The van der Waals surface area contributed by atoms with Crippen molar-refractivity contribution in [2.45, 2.75) is 38.5 Å². The highest BCUT2D eigenvalue weighted by Gasteiger charge is 2.37. The summed E-state index contributed by atoms with van der Waals surface area (Å²) in [5.41, 5.74) is 0.0672. The maximum atomic E-state index is 12.5. The molecule has 0 fully saturated rings. The lowest BCUT2D eigenvalue weighted by molar-refractivity contribution is -0.534. The Morgan fingerprint density at radius 1 is 1.03 bits per heavy atom. The van der Waals surface area contributed by atoms with Gasteiger partial charge in [-0.3, -0.25) is 10.1 Å². The molecule has 0 saturated heterocycles. The van der Waals surface area contributed by atoms with Crippen LogP contribution in [0.3, 0.4) is 0 Å². The molecule has 0 aliphatic heterocycles. The van der Waals surface area contributed by atoms with E-state index >= 15 is 0 Å². The third kappa shape index (κ3) is 6.00. The molecular weight excluding hydrogens is 412 g/mol. The zero-order valence-corrected chi connectivity index (χ0v) is 18.2. The van der Waals surface area contributed by atoms with Crippen molar-refractivity contribution in [1.82, 2.24) is 5.32 Å². The monoisotopic (exact) mass is 436 g/mol. The highest BCUT2D eigenvalue weighted by Crippen LogP contribution is 2.37. The summed E-state index contributed by atoms with van der Waals surface area (Å²) in [5, 5.41) is 15.2. The van der Waals surface area contributed by atoms with E-state index in [0.29, 0.717) is 27.6 Å². The second kappa shape index (κ2) is 9.67. The van der Waals surface area contributed by atoms with Crippen LogP contribution in [0.1, 0.15) is 44.0 Å². The second-order valence-electron chi connectivity index (χ2n) is 7.52. The molecule has 2 atom stereocenters. The third-order valence-electron chi connectivity index (χ3n) is 4.19. The van der Waals surface area contributed by atoms with Gasteiger partial charge in [0.15, 0.2) is 11.5 Å². The van der Waals surface area contributed by atoms with Crippen LogP contribution in [0.15, 0.2) is 42.5 Å². The van der Waals surface area contributed by atoms with Crippen molar-refractivity contribution in [2.24, 2.45) is 0 Å². The molecule has 1 amide bonds. The molecule has 0 aliphatic rings. The smallest absolute Gasteiger partial charge is 0.408 e. The Morgan fingerprint density at radius 3 is 2.10 bits per heavy atom. The van der Waals surface area contributed by atoms with Crippen molar-refractivity contribution in [2.75, 3.05) is 14.2 Å². The van der Waals surface area contributed by atoms with E-state index in [-0.39, 0.29) is 0 Å². The van der Waals surface area contributed by atoms with E-state index in [1.807, 2.05) is 0 Å². The summed E-state index contributed by atoms with van der Waals surface area (Å²) >= 11 is 5.96. The van der Waals surface area contributed by atoms with E-state index in [1.54, 1.807) is 57.2 Å². The summed E-state index contributed by atoms with van der Waals surface area (Å²) in [5.74, 6) is 0.778. The van der Waals surface area contributed by atoms with E-state index in [1.165, 1.54) is 20.3 Å². The molecule has 0 radical (unpaired) electrons. The Balaban J connectivity index is 2.53. The third-order valence-corrected chi connectivity index (χ3v) is 4.45. The number of ether oxygens (including phenoxy) is 3. The number of alkyl carbamates (subject to hydrolysis) is 1. The molecule has 2 aromatic rings. The van der Waals surface area contributed by atoms with Crippen LogP contribution in [0, 0.1) is 10.1 Å². The van der Waals surface area contributed by atoms with Crippen LogP contribution in [0.4, 0.5) is 4.79 Å². The number of amides is 1. The van der Waals surface area contributed by atoms with Crippen LogP contribution < -0.4 is 14.8 Å². The maximum absolute atomic E-state index is 12.5. The first kappa shape index (κ1) is 23.3. The Morgan fingerprint density at radius 2 is 1.60 bits per heavy atom. The number of benzene rings is 2. The largest absolute Gasteiger partial charge is 0.493 e. The Kier molecular flexibility index (Phi) is 7.50. The van der Waals surface area contributed by atoms with Gasteiger partial charge >= 0.3 is 6.09 Å². The van der Waals surface area contributed by atoms with Gasteiger partial charge in [-0.1, -0.05) is 23.7 Å². The number of nitrogens with one attached hydrogen (secondary N) is 1. The summed E-state index contributed by atoms with van der Waals surface area (Å²) in [6.07, 6.45) is -0.769. The van der Waals surface area contributed by atoms with Crippen molar-refractivity contribution in [3.05, 3.63) is 68.7 Å². The molecule has 8 nitrogen and oxygen atoms in total. The summed E-state index contributed by atoms with van der Waals surface area (Å²) in [6.45, 7) is 5.13. The van der Waals surface area contributed by atoms with Gasteiger partial charge in [0.05, 0.1) is 14.2 Å². The standard InChI is InChI=1S/C21H25ClN2O6/c1-21(2,3)30-20(25)23-18(13-6-9-15(22)10-7-13)19(24(26)27)14-8-11-16(28-4)17(12-14)29-5/h6-12,18-19H,1-5H3,(H,23,25)/t18-,19+/m1/s1. The number of hydrogen-bond donors (Lipinski definition) is 1. The van der Waals surface area contributed by atoms with Gasteiger partial charge in [-0.05, 0) is 56.7 Å². The van der Waals surface area contributed by atoms with Crippen molar-refractivity contribution in [1.29, 1.82) is 0 Å². The summed E-state index contributed by atoms with van der Waals surface area (Å²) in [6, 6.07) is 8.78. The van der Waals surface area contributed by atoms with Crippen molar-refractivity contribution >= 4 is 17.7 Å². The van der Waals surface area contributed by atoms with Crippen molar-refractivity contribution in [3.63, 3.8) is 0 Å². The number of nitro groups is 1. The van der Waals surface area contributed by atoms with Gasteiger partial charge in [-0.15, -0.1) is 0 Å². The van der Waals surface area contributed by atoms with Gasteiger partial charge in [-0.2, -0.15) is 0 Å². The van der Waals surface area contributed by atoms with Crippen molar-refractivity contribution in [3.8, 4) is 11.5 Å². The molecule has 0 aromatic heterocycles. The zero-order chi connectivity index (χ0) is 22.5. The van der Waals surface area contributed by atoms with E-state index in [9.17, 15) is 14.9 Å². The van der Waals surface area contributed by atoms with Crippen LogP contribution in [-0.2, 0) is 4.74 Å². The fourth-order valence-electron chi connectivity index (χ4n) is 2.92. The number of carbonyl (C=O) groups is 1. The molecule has 162 valence electrons. The fraction of sp³-hybridized carbons (Fsp3) is 0.381. The minimum atomic E-state index is -1.32. The minimum Gasteiger partial charge on any atom is -0.493 e. The quantitative estimate of drug-likeness (QED) is 0.487. The molecule has 0 unspecified atom stereocenters. The van der Waals surface area contributed by atoms with Gasteiger partial charge in [0.25, 0.3) is 6.04 Å². The first-order valence-corrected chi connectivity index (χ1v) is 9.54. The number of rotatable bonds is 7. The van der Waals surface area contributed by atoms with Crippen LogP contribution in [-0.4, -0.2) is 30.8 Å². The lowest BCUT2D eigenvalue weighted by atomic mass is 9.93. The Bertz CT molecular complexity index is 895. The maximum Gasteiger partial charge on any atom is 0.408 e. The van der Waals surface area contributed by atoms with Gasteiger partial charge in [0.1, 0.15) is 11.6 Å². The first-order valence-electron chi connectivity index (χ1n) is 9.16. The number of halogens is 1. The lowest BCUT2D eigenvalue weighted by Crippen LogP contribution is -2.39. The number of methoxy groups -OCH3 is 2.